The minimum Gasteiger partial charge on any atom is -0.497 e. The van der Waals surface area contributed by atoms with Gasteiger partial charge in [-0.1, -0.05) is 18.2 Å². The van der Waals surface area contributed by atoms with Gasteiger partial charge >= 0.3 is 0 Å². The fraction of sp³-hybridized carbons (Fsp3) is 0.0588. The van der Waals surface area contributed by atoms with E-state index in [0.29, 0.717) is 11.3 Å². The van der Waals surface area contributed by atoms with Crippen LogP contribution in [0.25, 0.3) is 21.9 Å². The van der Waals surface area contributed by atoms with E-state index in [1.54, 1.807) is 13.3 Å². The van der Waals surface area contributed by atoms with E-state index < -0.39 is 0 Å². The molecule has 4 rings (SSSR count). The van der Waals surface area contributed by atoms with Crippen molar-refractivity contribution in [2.75, 3.05) is 7.11 Å². The molecule has 96 valence electrons. The lowest BCUT2D eigenvalue weighted by Crippen LogP contribution is -2.11. The summed E-state index contributed by atoms with van der Waals surface area (Å²) in [4.78, 5) is 16.9. The molecule has 3 heteroatoms. The van der Waals surface area contributed by atoms with Crippen LogP contribution in [0.4, 0.5) is 0 Å². The van der Waals surface area contributed by atoms with Crippen molar-refractivity contribution in [2.45, 2.75) is 0 Å². The molecule has 1 heterocycles. The molecule has 3 nitrogen and oxygen atoms in total. The zero-order valence-corrected chi connectivity index (χ0v) is 10.9. The van der Waals surface area contributed by atoms with E-state index in [1.165, 1.54) is 0 Å². The quantitative estimate of drug-likeness (QED) is 0.526. The minimum atomic E-state index is -0.0213. The second kappa shape index (κ2) is 3.90. The largest absolute Gasteiger partial charge is 0.497 e. The number of methoxy groups -OCH3 is 1. The predicted molar refractivity (Wildman–Crippen MR) is 77.2 cm³/mol. The molecule has 0 saturated carbocycles. The molecule has 1 aromatic heterocycles. The highest BCUT2D eigenvalue weighted by Gasteiger charge is 2.26. The number of nitrogens with zero attached hydrogens (tertiary/aromatic N) is 1. The van der Waals surface area contributed by atoms with Gasteiger partial charge in [-0.05, 0) is 40.8 Å². The molecular weight excluding hydrogens is 250 g/mol. The van der Waals surface area contributed by atoms with Crippen LogP contribution in [0.3, 0.4) is 0 Å². The first-order valence-corrected chi connectivity index (χ1v) is 6.40. The standard InChI is InChI=1S/C17H11NO2/c1-20-11-5-6-13-14(9-11)12-4-2-3-10-7-8-18-16(15(10)12)17(13)19/h2-9H,1H3. The van der Waals surface area contributed by atoms with Crippen molar-refractivity contribution in [1.29, 1.82) is 0 Å². The monoisotopic (exact) mass is 261 g/mol. The third kappa shape index (κ3) is 1.35. The summed E-state index contributed by atoms with van der Waals surface area (Å²) in [6, 6.07) is 13.5. The Kier molecular flexibility index (Phi) is 2.18. The summed E-state index contributed by atoms with van der Waals surface area (Å²) in [6.45, 7) is 0. The summed E-state index contributed by atoms with van der Waals surface area (Å²) in [5, 5.41) is 1.97. The molecule has 20 heavy (non-hydrogen) atoms. The molecule has 0 atom stereocenters. The van der Waals surface area contributed by atoms with Gasteiger partial charge in [0.05, 0.1) is 7.11 Å². The number of hydrogen-bond donors (Lipinski definition) is 0. The minimum absolute atomic E-state index is 0.0213. The first kappa shape index (κ1) is 11.2. The van der Waals surface area contributed by atoms with E-state index in [-0.39, 0.29) is 5.78 Å². The molecule has 2 aromatic carbocycles. The molecule has 0 N–H and O–H groups in total. The highest BCUT2D eigenvalue weighted by Crippen LogP contribution is 2.39. The maximum atomic E-state index is 12.6. The first-order chi connectivity index (χ1) is 9.79. The van der Waals surface area contributed by atoms with Crippen molar-refractivity contribution in [1.82, 2.24) is 4.98 Å². The number of rotatable bonds is 1. The van der Waals surface area contributed by atoms with Crippen LogP contribution in [0, 0.1) is 0 Å². The summed E-state index contributed by atoms with van der Waals surface area (Å²) in [6.07, 6.45) is 1.69. The van der Waals surface area contributed by atoms with Gasteiger partial charge in [-0.3, -0.25) is 9.78 Å². The maximum Gasteiger partial charge on any atom is 0.212 e. The molecule has 3 aromatic rings. The Balaban J connectivity index is 2.18. The van der Waals surface area contributed by atoms with E-state index in [2.05, 4.69) is 4.98 Å². The number of carbonyl (C=O) groups excluding carboxylic acids is 1. The topological polar surface area (TPSA) is 39.2 Å². The van der Waals surface area contributed by atoms with E-state index in [1.807, 2.05) is 42.5 Å². The second-order valence-electron chi connectivity index (χ2n) is 4.80. The van der Waals surface area contributed by atoms with E-state index in [0.717, 1.165) is 27.6 Å². The van der Waals surface area contributed by atoms with E-state index in [9.17, 15) is 4.79 Å². The van der Waals surface area contributed by atoms with Crippen LogP contribution in [0.5, 0.6) is 5.75 Å². The van der Waals surface area contributed by atoms with Gasteiger partial charge < -0.3 is 4.74 Å². The van der Waals surface area contributed by atoms with E-state index in [4.69, 9.17) is 4.74 Å². The molecule has 0 amide bonds. The van der Waals surface area contributed by atoms with Gasteiger partial charge in [-0.2, -0.15) is 0 Å². The first-order valence-electron chi connectivity index (χ1n) is 6.40. The Morgan fingerprint density at radius 2 is 1.90 bits per heavy atom. The smallest absolute Gasteiger partial charge is 0.212 e. The molecule has 0 unspecified atom stereocenters. The van der Waals surface area contributed by atoms with Gasteiger partial charge in [-0.25, -0.2) is 0 Å². The van der Waals surface area contributed by atoms with Crippen LogP contribution in [0.2, 0.25) is 0 Å². The average molecular weight is 261 g/mol. The molecule has 1 aliphatic carbocycles. The van der Waals surface area contributed by atoms with Crippen LogP contribution < -0.4 is 4.74 Å². The predicted octanol–water partition coefficient (Wildman–Crippen LogP) is 3.45. The van der Waals surface area contributed by atoms with Gasteiger partial charge in [0.15, 0.2) is 0 Å². The van der Waals surface area contributed by atoms with Gasteiger partial charge in [0.2, 0.25) is 5.78 Å². The SMILES string of the molecule is COc1ccc2c(c1)-c1cccc3ccnc(c13)C2=O. The van der Waals surface area contributed by atoms with Crippen molar-refractivity contribution in [3.05, 3.63) is 59.9 Å². The Morgan fingerprint density at radius 3 is 2.75 bits per heavy atom. The molecule has 0 saturated heterocycles. The van der Waals surface area contributed by atoms with E-state index >= 15 is 0 Å². The Hall–Kier alpha value is -2.68. The van der Waals surface area contributed by atoms with Crippen LogP contribution in [0.1, 0.15) is 16.1 Å². The van der Waals surface area contributed by atoms with Gasteiger partial charge in [0, 0.05) is 17.1 Å². The molecule has 0 aliphatic heterocycles. The van der Waals surface area contributed by atoms with Crippen LogP contribution in [-0.4, -0.2) is 17.9 Å². The molecule has 1 aliphatic rings. The lowest BCUT2D eigenvalue weighted by atomic mass is 9.85. The summed E-state index contributed by atoms with van der Waals surface area (Å²) < 4.78 is 5.27. The number of ketones is 1. The number of hydrogen-bond acceptors (Lipinski definition) is 3. The van der Waals surface area contributed by atoms with Crippen LogP contribution in [-0.2, 0) is 0 Å². The Morgan fingerprint density at radius 1 is 1.00 bits per heavy atom. The highest BCUT2D eigenvalue weighted by atomic mass is 16.5. The molecular formula is C17H11NO2. The van der Waals surface area contributed by atoms with Crippen molar-refractivity contribution in [2.24, 2.45) is 0 Å². The molecule has 0 spiro atoms. The van der Waals surface area contributed by atoms with Gasteiger partial charge in [0.25, 0.3) is 0 Å². The fourth-order valence-electron chi connectivity index (χ4n) is 2.83. The number of pyridine rings is 1. The number of carbonyl (C=O) groups is 1. The summed E-state index contributed by atoms with van der Waals surface area (Å²) in [7, 11) is 1.63. The number of ether oxygens (including phenoxy) is 1. The Bertz CT molecular complexity index is 863. The second-order valence-corrected chi connectivity index (χ2v) is 4.80. The third-order valence-electron chi connectivity index (χ3n) is 3.77. The fourth-order valence-corrected chi connectivity index (χ4v) is 2.83. The van der Waals surface area contributed by atoms with Gasteiger partial charge in [0.1, 0.15) is 11.4 Å². The Labute approximate surface area is 115 Å². The van der Waals surface area contributed by atoms with Crippen molar-refractivity contribution >= 4 is 16.6 Å². The van der Waals surface area contributed by atoms with Crippen molar-refractivity contribution in [3.63, 3.8) is 0 Å². The molecule has 0 fully saturated rings. The zero-order valence-electron chi connectivity index (χ0n) is 10.9. The number of aromatic nitrogens is 1. The van der Waals surface area contributed by atoms with Crippen LogP contribution in [0.15, 0.2) is 48.7 Å². The molecule has 0 bridgehead atoms. The number of fused-ring (bicyclic) bond motifs is 2. The zero-order chi connectivity index (χ0) is 13.7. The molecule has 0 radical (unpaired) electrons. The summed E-state index contributed by atoms with van der Waals surface area (Å²) in [5.41, 5.74) is 3.18. The lowest BCUT2D eigenvalue weighted by molar-refractivity contribution is 0.103. The summed E-state index contributed by atoms with van der Waals surface area (Å²) >= 11 is 0. The normalized spacial score (nSPS) is 12.3. The highest BCUT2D eigenvalue weighted by molar-refractivity contribution is 6.24. The summed E-state index contributed by atoms with van der Waals surface area (Å²) in [5.74, 6) is 0.729. The maximum absolute atomic E-state index is 12.6. The average Bonchev–Trinajstić information content (AvgIpc) is 2.51. The van der Waals surface area contributed by atoms with Crippen LogP contribution >= 0.6 is 0 Å². The van der Waals surface area contributed by atoms with Crippen molar-refractivity contribution in [3.8, 4) is 16.9 Å². The lowest BCUT2D eigenvalue weighted by Gasteiger charge is -2.19. The number of benzene rings is 2. The van der Waals surface area contributed by atoms with Gasteiger partial charge in [-0.15, -0.1) is 0 Å². The third-order valence-corrected chi connectivity index (χ3v) is 3.77. The van der Waals surface area contributed by atoms with Crippen molar-refractivity contribution < 1.29 is 9.53 Å².